The molecule has 2 atom stereocenters. The number of aromatic nitrogens is 2. The summed E-state index contributed by atoms with van der Waals surface area (Å²) in [4.78, 5) is 20.3. The zero-order valence-corrected chi connectivity index (χ0v) is 15.3. The predicted molar refractivity (Wildman–Crippen MR) is 97.2 cm³/mol. The van der Waals surface area contributed by atoms with Crippen LogP contribution in [-0.4, -0.2) is 40.4 Å². The molecule has 0 saturated heterocycles. The number of aliphatic hydroxyl groups is 1. The van der Waals surface area contributed by atoms with Crippen LogP contribution >= 0.6 is 11.6 Å². The van der Waals surface area contributed by atoms with Crippen molar-refractivity contribution in [2.24, 2.45) is 16.6 Å². The largest absolute Gasteiger partial charge is 0.400 e. The van der Waals surface area contributed by atoms with Crippen molar-refractivity contribution in [3.8, 4) is 0 Å². The smallest absolute Gasteiger partial charge is 0.132 e. The molecule has 0 bridgehead atoms. The quantitative estimate of drug-likeness (QED) is 0.446. The lowest BCUT2D eigenvalue weighted by Crippen LogP contribution is -2.13. The Balaban J connectivity index is 0.00000139. The van der Waals surface area contributed by atoms with E-state index in [4.69, 9.17) is 22.4 Å². The standard InChI is InChI=1S/C16H23ClN4O.CH4O/c1-3-14(17)8-19-12(2)21-9-15(20-11-21)16(10-22)7-13(16)5-4-6-18;1-2/h8-11,13H,3-7,18H2,1-2H3;2H,1H3/b14-8+,19-12?;. The van der Waals surface area contributed by atoms with E-state index in [9.17, 15) is 4.79 Å². The summed E-state index contributed by atoms with van der Waals surface area (Å²) in [5, 5.41) is 7.70. The van der Waals surface area contributed by atoms with Crippen molar-refractivity contribution < 1.29 is 9.90 Å². The average Bonchev–Trinajstić information content (AvgIpc) is 3.12. The Morgan fingerprint density at radius 2 is 2.33 bits per heavy atom. The predicted octanol–water partition coefficient (Wildman–Crippen LogP) is 2.44. The normalized spacial score (nSPS) is 23.5. The summed E-state index contributed by atoms with van der Waals surface area (Å²) in [7, 11) is 1.00. The van der Waals surface area contributed by atoms with E-state index in [0.717, 1.165) is 50.6 Å². The third kappa shape index (κ3) is 4.75. The Morgan fingerprint density at radius 3 is 2.92 bits per heavy atom. The van der Waals surface area contributed by atoms with Gasteiger partial charge in [0, 0.05) is 24.5 Å². The van der Waals surface area contributed by atoms with Gasteiger partial charge in [-0.05, 0) is 45.1 Å². The maximum atomic E-state index is 11.6. The maximum absolute atomic E-state index is 11.6. The first-order valence-electron chi connectivity index (χ1n) is 8.12. The van der Waals surface area contributed by atoms with Crippen molar-refractivity contribution in [3.05, 3.63) is 29.5 Å². The second-order valence-electron chi connectivity index (χ2n) is 5.76. The van der Waals surface area contributed by atoms with E-state index in [0.29, 0.717) is 17.5 Å². The van der Waals surface area contributed by atoms with E-state index in [2.05, 4.69) is 9.98 Å². The third-order valence-electron chi connectivity index (χ3n) is 4.28. The van der Waals surface area contributed by atoms with Crippen LogP contribution in [0.2, 0.25) is 0 Å². The van der Waals surface area contributed by atoms with Crippen LogP contribution in [0.1, 0.15) is 45.2 Å². The molecule has 0 radical (unpaired) electrons. The monoisotopic (exact) mass is 354 g/mol. The van der Waals surface area contributed by atoms with Crippen LogP contribution in [0.3, 0.4) is 0 Å². The van der Waals surface area contributed by atoms with Gasteiger partial charge >= 0.3 is 0 Å². The van der Waals surface area contributed by atoms with Crippen molar-refractivity contribution in [2.45, 2.75) is 44.9 Å². The van der Waals surface area contributed by atoms with E-state index < -0.39 is 5.41 Å². The van der Waals surface area contributed by atoms with Crippen molar-refractivity contribution in [2.75, 3.05) is 13.7 Å². The van der Waals surface area contributed by atoms with E-state index in [1.54, 1.807) is 12.5 Å². The number of allylic oxidation sites excluding steroid dienone is 1. The SMILES string of the molecule is CC/C(Cl)=C\N=C(C)n1cnc(C2(C=O)CC2CCCN)c1.CO. The van der Waals surface area contributed by atoms with Gasteiger partial charge in [0.1, 0.15) is 18.4 Å². The number of aliphatic hydroxyl groups excluding tert-OH is 1. The number of carbonyl (C=O) groups is 1. The van der Waals surface area contributed by atoms with E-state index in [-0.39, 0.29) is 0 Å². The topological polar surface area (TPSA) is 93.5 Å². The van der Waals surface area contributed by atoms with Crippen molar-refractivity contribution >= 4 is 23.7 Å². The summed E-state index contributed by atoms with van der Waals surface area (Å²) in [6.45, 7) is 4.52. The van der Waals surface area contributed by atoms with E-state index in [1.807, 2.05) is 24.6 Å². The first kappa shape index (κ1) is 20.5. The summed E-state index contributed by atoms with van der Waals surface area (Å²) in [6, 6.07) is 0. The molecular weight excluding hydrogens is 328 g/mol. The van der Waals surface area contributed by atoms with Gasteiger partial charge in [-0.3, -0.25) is 4.57 Å². The number of imidazole rings is 1. The minimum absolute atomic E-state index is 0.364. The van der Waals surface area contributed by atoms with Gasteiger partial charge in [-0.15, -0.1) is 0 Å². The second kappa shape index (κ2) is 9.71. The molecule has 7 heteroatoms. The summed E-state index contributed by atoms with van der Waals surface area (Å²) in [5.41, 5.74) is 5.95. The highest BCUT2D eigenvalue weighted by Gasteiger charge is 2.56. The molecule has 1 fully saturated rings. The molecule has 0 aromatic carbocycles. The lowest BCUT2D eigenvalue weighted by molar-refractivity contribution is -0.110. The Hall–Kier alpha value is -1.50. The van der Waals surface area contributed by atoms with E-state index in [1.165, 1.54) is 0 Å². The number of nitrogens with two attached hydrogens (primary N) is 1. The molecule has 24 heavy (non-hydrogen) atoms. The Labute approximate surface area is 148 Å². The fraction of sp³-hybridized carbons (Fsp3) is 0.588. The first-order valence-corrected chi connectivity index (χ1v) is 8.50. The molecule has 2 unspecified atom stereocenters. The molecule has 1 aromatic rings. The molecule has 134 valence electrons. The van der Waals surface area contributed by atoms with Gasteiger partial charge in [-0.2, -0.15) is 0 Å². The van der Waals surface area contributed by atoms with E-state index >= 15 is 0 Å². The molecule has 0 amide bonds. The van der Waals surface area contributed by atoms with Gasteiger partial charge in [0.25, 0.3) is 0 Å². The van der Waals surface area contributed by atoms with Gasteiger partial charge in [-0.25, -0.2) is 9.98 Å². The molecule has 3 N–H and O–H groups in total. The molecule has 1 aliphatic carbocycles. The van der Waals surface area contributed by atoms with Gasteiger partial charge in [0.05, 0.1) is 11.1 Å². The van der Waals surface area contributed by atoms with Crippen LogP contribution in [0.5, 0.6) is 0 Å². The average molecular weight is 355 g/mol. The Morgan fingerprint density at radius 1 is 1.62 bits per heavy atom. The summed E-state index contributed by atoms with van der Waals surface area (Å²) in [5.74, 6) is 1.13. The van der Waals surface area contributed by atoms with Gasteiger partial charge in [0.15, 0.2) is 0 Å². The zero-order valence-electron chi connectivity index (χ0n) is 14.6. The number of nitrogens with zero attached hydrogens (tertiary/aromatic N) is 3. The summed E-state index contributed by atoms with van der Waals surface area (Å²) >= 11 is 5.95. The Kier molecular flexibility index (Phi) is 8.31. The van der Waals surface area contributed by atoms with Gasteiger partial charge in [0.2, 0.25) is 0 Å². The molecule has 1 aliphatic rings. The van der Waals surface area contributed by atoms with Crippen molar-refractivity contribution in [1.29, 1.82) is 0 Å². The zero-order chi connectivity index (χ0) is 18.2. The highest BCUT2D eigenvalue weighted by molar-refractivity contribution is 6.29. The number of rotatable bonds is 7. The van der Waals surface area contributed by atoms with Crippen LogP contribution in [0.4, 0.5) is 0 Å². The van der Waals surface area contributed by atoms with Crippen LogP contribution < -0.4 is 5.73 Å². The third-order valence-corrected chi connectivity index (χ3v) is 4.65. The number of halogens is 1. The van der Waals surface area contributed by atoms with Crippen LogP contribution in [0.25, 0.3) is 0 Å². The molecule has 0 spiro atoms. The summed E-state index contributed by atoms with van der Waals surface area (Å²) < 4.78 is 1.83. The van der Waals surface area contributed by atoms with Crippen LogP contribution in [-0.2, 0) is 10.2 Å². The minimum atomic E-state index is -0.419. The maximum Gasteiger partial charge on any atom is 0.132 e. The van der Waals surface area contributed by atoms with Crippen LogP contribution in [0, 0.1) is 5.92 Å². The van der Waals surface area contributed by atoms with Gasteiger partial charge in [-0.1, -0.05) is 18.5 Å². The fourth-order valence-corrected chi connectivity index (χ4v) is 2.70. The van der Waals surface area contributed by atoms with Crippen molar-refractivity contribution in [3.63, 3.8) is 0 Å². The highest BCUT2D eigenvalue weighted by Crippen LogP contribution is 2.54. The minimum Gasteiger partial charge on any atom is -0.400 e. The van der Waals surface area contributed by atoms with Crippen molar-refractivity contribution in [1.82, 2.24) is 9.55 Å². The molecule has 1 heterocycles. The number of carbonyl (C=O) groups excluding carboxylic acids is 1. The molecule has 1 saturated carbocycles. The summed E-state index contributed by atoms with van der Waals surface area (Å²) in [6.07, 6.45) is 9.82. The molecular formula is C17H27ClN4O2. The lowest BCUT2D eigenvalue weighted by Gasteiger charge is -2.06. The molecule has 1 aromatic heterocycles. The number of aliphatic imine (C=N–C) groups is 1. The molecule has 0 aliphatic heterocycles. The number of hydrogen-bond acceptors (Lipinski definition) is 5. The molecule has 2 rings (SSSR count). The first-order chi connectivity index (χ1) is 11.6. The lowest BCUT2D eigenvalue weighted by atomic mass is 9.99. The Bertz CT molecular complexity index is 597. The number of aldehydes is 1. The highest BCUT2D eigenvalue weighted by atomic mass is 35.5. The molecule has 6 nitrogen and oxygen atoms in total. The van der Waals surface area contributed by atoms with Gasteiger partial charge < -0.3 is 15.6 Å². The second-order valence-corrected chi connectivity index (χ2v) is 6.25. The van der Waals surface area contributed by atoms with Crippen LogP contribution in [0.15, 0.2) is 28.7 Å². The number of hydrogen-bond donors (Lipinski definition) is 2. The fourth-order valence-electron chi connectivity index (χ4n) is 2.65.